The van der Waals surface area contributed by atoms with Crippen LogP contribution in [0.3, 0.4) is 0 Å². The van der Waals surface area contributed by atoms with Gasteiger partial charge in [0.05, 0.1) is 23.2 Å². The monoisotopic (exact) mass is 591 g/mol. The van der Waals surface area contributed by atoms with E-state index in [0.29, 0.717) is 56.1 Å². The summed E-state index contributed by atoms with van der Waals surface area (Å²) in [6.45, 7) is 3.83. The average Bonchev–Trinajstić information content (AvgIpc) is 3.85. The van der Waals surface area contributed by atoms with Crippen LogP contribution in [0.5, 0.6) is 0 Å². The number of nitrogens with two attached hydrogens (primary N) is 1. The number of rotatable bonds is 10. The first-order valence-electron chi connectivity index (χ1n) is 14.5. The second-order valence-corrected chi connectivity index (χ2v) is 11.3. The minimum Gasteiger partial charge on any atom is -0.481 e. The Morgan fingerprint density at radius 3 is 2.35 bits per heavy atom. The summed E-state index contributed by atoms with van der Waals surface area (Å²) in [4.78, 5) is 67.4. The number of aliphatic carboxylic acids is 1. The first kappa shape index (κ1) is 28.6. The van der Waals surface area contributed by atoms with Gasteiger partial charge in [0, 0.05) is 68.4 Å². The molecule has 224 valence electrons. The molecule has 13 heteroatoms. The molecule has 4 aliphatic rings. The number of nitrogens with zero attached hydrogens (tertiary/aromatic N) is 4. The third kappa shape index (κ3) is 5.41. The number of piperazine rings is 1. The van der Waals surface area contributed by atoms with Gasteiger partial charge in [0.15, 0.2) is 11.5 Å². The number of nitroso groups, excluding NO2 is 1. The van der Waals surface area contributed by atoms with Crippen LogP contribution in [0.4, 0.5) is 15.8 Å². The van der Waals surface area contributed by atoms with Crippen LogP contribution in [-0.2, 0) is 4.79 Å². The Labute approximate surface area is 246 Å². The molecule has 2 heterocycles. The molecule has 0 radical (unpaired) electrons. The Balaban J connectivity index is 1.06. The number of anilines is 2. The van der Waals surface area contributed by atoms with Crippen molar-refractivity contribution in [3.05, 3.63) is 75.2 Å². The number of quaternary nitrogens is 1. The second-order valence-electron chi connectivity index (χ2n) is 11.3. The van der Waals surface area contributed by atoms with Crippen LogP contribution in [0.15, 0.2) is 53.1 Å². The minimum absolute atomic E-state index is 0.105. The SMILES string of the molecule is O=NNC1=C([NH2+]CCCN2CCN(c3cc4c(cc3F)C(=O)C(C(=O)O)CN4C3CC3)CC2)C(=O)c2ccccc2C1=O. The molecule has 0 aromatic heterocycles. The number of benzene rings is 2. The van der Waals surface area contributed by atoms with Crippen LogP contribution in [0.1, 0.15) is 50.3 Å². The third-order valence-electron chi connectivity index (χ3n) is 8.68. The highest BCUT2D eigenvalue weighted by Crippen LogP contribution is 2.41. The van der Waals surface area contributed by atoms with E-state index in [0.717, 1.165) is 19.4 Å². The molecule has 1 saturated carbocycles. The zero-order valence-electron chi connectivity index (χ0n) is 23.4. The van der Waals surface area contributed by atoms with E-state index < -0.39 is 29.3 Å². The van der Waals surface area contributed by atoms with Crippen LogP contribution in [0.2, 0.25) is 0 Å². The topological polar surface area (TPSA) is 156 Å². The number of carbonyl (C=O) groups excluding carboxylic acids is 3. The fourth-order valence-corrected chi connectivity index (χ4v) is 6.24. The number of allylic oxidation sites excluding steroid dienone is 2. The normalized spacial score (nSPS) is 20.7. The number of carboxylic acid groups (broad SMARTS) is 1. The van der Waals surface area contributed by atoms with Gasteiger partial charge in [-0.15, -0.1) is 4.91 Å². The lowest BCUT2D eigenvalue weighted by Crippen LogP contribution is -2.85. The third-order valence-corrected chi connectivity index (χ3v) is 8.68. The van der Waals surface area contributed by atoms with Gasteiger partial charge in [-0.2, -0.15) is 0 Å². The second kappa shape index (κ2) is 11.7. The van der Waals surface area contributed by atoms with Crippen molar-refractivity contribution in [1.29, 1.82) is 0 Å². The molecule has 2 aromatic rings. The number of hydrogen-bond donors (Lipinski definition) is 3. The average molecular weight is 592 g/mol. The largest absolute Gasteiger partial charge is 0.481 e. The molecule has 1 unspecified atom stereocenters. The van der Waals surface area contributed by atoms with Gasteiger partial charge >= 0.3 is 5.97 Å². The van der Waals surface area contributed by atoms with Crippen molar-refractivity contribution in [3.63, 3.8) is 0 Å². The Hall–Kier alpha value is -4.49. The van der Waals surface area contributed by atoms with Crippen molar-refractivity contribution < 1.29 is 34.0 Å². The summed E-state index contributed by atoms with van der Waals surface area (Å²) in [5, 5.41) is 13.8. The van der Waals surface area contributed by atoms with E-state index in [9.17, 15) is 29.2 Å². The molecule has 0 bridgehead atoms. The van der Waals surface area contributed by atoms with E-state index in [2.05, 4.69) is 15.6 Å². The molecule has 43 heavy (non-hydrogen) atoms. The van der Waals surface area contributed by atoms with Crippen molar-refractivity contribution >= 4 is 34.7 Å². The fraction of sp³-hybridized carbons (Fsp3) is 0.400. The van der Waals surface area contributed by atoms with Crippen LogP contribution in [0.25, 0.3) is 0 Å². The smallest absolute Gasteiger partial charge is 0.316 e. The van der Waals surface area contributed by atoms with Crippen LogP contribution >= 0.6 is 0 Å². The molecule has 2 aliphatic carbocycles. The van der Waals surface area contributed by atoms with Crippen LogP contribution in [0, 0.1) is 16.6 Å². The van der Waals surface area contributed by atoms with E-state index in [1.807, 2.05) is 9.80 Å². The Morgan fingerprint density at radius 2 is 1.70 bits per heavy atom. The summed E-state index contributed by atoms with van der Waals surface area (Å²) in [6.07, 6.45) is 2.54. The molecular weight excluding hydrogens is 559 g/mol. The number of ketones is 3. The first-order chi connectivity index (χ1) is 20.8. The molecule has 4 N–H and O–H groups in total. The van der Waals surface area contributed by atoms with Crippen LogP contribution < -0.4 is 20.5 Å². The number of hydrogen-bond acceptors (Lipinski definition) is 9. The fourth-order valence-electron chi connectivity index (χ4n) is 6.24. The maximum absolute atomic E-state index is 15.3. The summed E-state index contributed by atoms with van der Waals surface area (Å²) in [6, 6.07) is 9.56. The number of carbonyl (C=O) groups is 4. The van der Waals surface area contributed by atoms with E-state index in [1.165, 1.54) is 6.07 Å². The number of nitrogens with one attached hydrogen (secondary N) is 1. The van der Waals surface area contributed by atoms with Crippen LogP contribution in [-0.4, -0.2) is 85.2 Å². The molecular formula is C30H32FN6O6+. The van der Waals surface area contributed by atoms with E-state index in [4.69, 9.17) is 0 Å². The molecule has 12 nitrogen and oxygen atoms in total. The molecule has 1 saturated heterocycles. The molecule has 1 atom stereocenters. The van der Waals surface area contributed by atoms with Gasteiger partial charge < -0.3 is 20.2 Å². The summed E-state index contributed by atoms with van der Waals surface area (Å²) >= 11 is 0. The zero-order valence-corrected chi connectivity index (χ0v) is 23.4. The van der Waals surface area contributed by atoms with Gasteiger partial charge in [-0.25, -0.2) is 9.82 Å². The van der Waals surface area contributed by atoms with Crippen molar-refractivity contribution in [2.45, 2.75) is 25.3 Å². The summed E-state index contributed by atoms with van der Waals surface area (Å²) in [5.41, 5.74) is 3.90. The number of carboxylic acids is 1. The minimum atomic E-state index is -1.19. The predicted octanol–water partition coefficient (Wildman–Crippen LogP) is 1.33. The van der Waals surface area contributed by atoms with Crippen molar-refractivity contribution in [3.8, 4) is 0 Å². The maximum atomic E-state index is 15.3. The first-order valence-corrected chi connectivity index (χ1v) is 14.5. The van der Waals surface area contributed by atoms with Crippen molar-refractivity contribution in [2.24, 2.45) is 11.2 Å². The molecule has 2 fully saturated rings. The lowest BCUT2D eigenvalue weighted by molar-refractivity contribution is -0.600. The van der Waals surface area contributed by atoms with E-state index >= 15 is 4.39 Å². The summed E-state index contributed by atoms with van der Waals surface area (Å²) in [5.74, 6) is -4.23. The van der Waals surface area contributed by atoms with E-state index in [1.54, 1.807) is 35.6 Å². The van der Waals surface area contributed by atoms with Gasteiger partial charge in [0.2, 0.25) is 17.3 Å². The molecule has 0 spiro atoms. The highest BCUT2D eigenvalue weighted by atomic mass is 19.1. The van der Waals surface area contributed by atoms with Gasteiger partial charge in [-0.05, 0) is 25.0 Å². The number of Topliss-reactive ketones (excluding diaryl/α,β-unsaturated/α-hetero) is 3. The molecule has 2 aromatic carbocycles. The zero-order chi connectivity index (χ0) is 30.2. The lowest BCUT2D eigenvalue weighted by Gasteiger charge is -2.38. The van der Waals surface area contributed by atoms with Crippen molar-refractivity contribution in [1.82, 2.24) is 10.3 Å². The standard InChI is InChI=1S/C30H31FN6O6/c31-22-14-20-23(37(17-6-7-17)16-21(27(20)38)30(41)42)15-24(22)36-12-10-35(11-13-36)9-3-8-32-25-26(33-34-43)29(40)19-5-2-1-4-18(19)28(25)39/h1-2,4-5,14-15,17,21,32H,3,6-13,16H2,(H,33,43)(H,41,42)/p+1. The Bertz CT molecular complexity index is 1550. The number of fused-ring (bicyclic) bond motifs is 2. The highest BCUT2D eigenvalue weighted by Gasteiger charge is 2.43. The summed E-state index contributed by atoms with van der Waals surface area (Å²) in [7, 11) is 0. The van der Waals surface area contributed by atoms with Crippen molar-refractivity contribution in [2.75, 3.05) is 55.6 Å². The van der Waals surface area contributed by atoms with Gasteiger partial charge in [-0.1, -0.05) is 24.3 Å². The van der Waals surface area contributed by atoms with Gasteiger partial charge in [-0.3, -0.25) is 24.1 Å². The quantitative estimate of drug-likeness (QED) is 0.159. The maximum Gasteiger partial charge on any atom is 0.316 e. The Morgan fingerprint density at radius 1 is 1.00 bits per heavy atom. The van der Waals surface area contributed by atoms with E-state index in [-0.39, 0.29) is 40.9 Å². The number of halogens is 1. The predicted molar refractivity (Wildman–Crippen MR) is 153 cm³/mol. The lowest BCUT2D eigenvalue weighted by atomic mass is 9.90. The summed E-state index contributed by atoms with van der Waals surface area (Å²) < 4.78 is 15.3. The molecule has 0 amide bonds. The van der Waals surface area contributed by atoms with Gasteiger partial charge in [0.1, 0.15) is 11.7 Å². The highest BCUT2D eigenvalue weighted by molar-refractivity contribution is 6.25. The Kier molecular flexibility index (Phi) is 7.75. The molecule has 6 rings (SSSR count). The van der Waals surface area contributed by atoms with Gasteiger partial charge in [0.25, 0.3) is 0 Å². The molecule has 2 aliphatic heterocycles.